The van der Waals surface area contributed by atoms with Crippen molar-refractivity contribution in [3.05, 3.63) is 18.1 Å². The van der Waals surface area contributed by atoms with Gasteiger partial charge in [0.2, 0.25) is 5.65 Å². The first-order chi connectivity index (χ1) is 11.4. The Morgan fingerprint density at radius 3 is 2.75 bits per heavy atom. The third-order valence-electron chi connectivity index (χ3n) is 6.76. The van der Waals surface area contributed by atoms with Gasteiger partial charge >= 0.3 is 0 Å². The molecule has 3 atom stereocenters. The molecule has 4 fully saturated rings. The highest BCUT2D eigenvalue weighted by Gasteiger charge is 2.58. The Morgan fingerprint density at radius 1 is 1.29 bits per heavy atom. The number of rotatable bonds is 3. The van der Waals surface area contributed by atoms with Gasteiger partial charge in [0.1, 0.15) is 6.33 Å². The quantitative estimate of drug-likeness (QED) is 0.906. The molecule has 0 radical (unpaired) electrons. The van der Waals surface area contributed by atoms with Crippen LogP contribution in [0.15, 0.2) is 12.4 Å². The number of hydrogen-bond acceptors (Lipinski definition) is 5. The maximum Gasteiger partial charge on any atom is 0.200 e. The highest BCUT2D eigenvalue weighted by molar-refractivity contribution is 5.67. The molecule has 2 aromatic rings. The average molecular weight is 327 g/mol. The Bertz CT molecular complexity index is 786. The number of fused-ring (bicyclic) bond motifs is 1. The SMILES string of the molecule is Cc1cc(NC(C)C23CC4CC(CC(O)(C4)C2)C3)c2nncn2n1. The van der Waals surface area contributed by atoms with Crippen LogP contribution in [0.4, 0.5) is 5.69 Å². The molecule has 0 saturated heterocycles. The summed E-state index contributed by atoms with van der Waals surface area (Å²) in [5, 5.41) is 27.3. The minimum absolute atomic E-state index is 0.201. The van der Waals surface area contributed by atoms with Crippen LogP contribution in [0.5, 0.6) is 0 Å². The molecule has 6 rings (SSSR count). The molecule has 0 aromatic carbocycles. The molecule has 6 heteroatoms. The molecule has 0 aliphatic heterocycles. The summed E-state index contributed by atoms with van der Waals surface area (Å²) in [6.07, 6.45) is 8.42. The van der Waals surface area contributed by atoms with Crippen molar-refractivity contribution in [2.45, 2.75) is 64.0 Å². The van der Waals surface area contributed by atoms with E-state index >= 15 is 0 Å². The normalized spacial score (nSPS) is 38.6. The third-order valence-corrected chi connectivity index (χ3v) is 6.76. The lowest BCUT2D eigenvalue weighted by Gasteiger charge is -2.62. The Balaban J connectivity index is 1.48. The molecule has 2 aromatic heterocycles. The number of aromatic nitrogens is 4. The van der Waals surface area contributed by atoms with Crippen LogP contribution < -0.4 is 5.32 Å². The van der Waals surface area contributed by atoms with E-state index in [0.29, 0.717) is 17.9 Å². The van der Waals surface area contributed by atoms with Gasteiger partial charge in [0.25, 0.3) is 0 Å². The fourth-order valence-corrected chi connectivity index (χ4v) is 6.24. The summed E-state index contributed by atoms with van der Waals surface area (Å²) < 4.78 is 1.73. The Morgan fingerprint density at radius 2 is 2.04 bits per heavy atom. The second kappa shape index (κ2) is 4.69. The van der Waals surface area contributed by atoms with E-state index in [-0.39, 0.29) is 5.41 Å². The number of nitrogens with zero attached hydrogens (tertiary/aromatic N) is 4. The smallest absolute Gasteiger partial charge is 0.200 e. The monoisotopic (exact) mass is 327 g/mol. The predicted molar refractivity (Wildman–Crippen MR) is 90.7 cm³/mol. The van der Waals surface area contributed by atoms with Gasteiger partial charge in [-0.15, -0.1) is 10.2 Å². The average Bonchev–Trinajstić information content (AvgIpc) is 2.92. The van der Waals surface area contributed by atoms with Crippen LogP contribution in [0.25, 0.3) is 5.65 Å². The third kappa shape index (κ3) is 2.08. The lowest BCUT2D eigenvalue weighted by Crippen LogP contribution is -2.60. The lowest BCUT2D eigenvalue weighted by atomic mass is 9.46. The zero-order valence-corrected chi connectivity index (χ0v) is 14.4. The van der Waals surface area contributed by atoms with Crippen molar-refractivity contribution in [3.8, 4) is 0 Å². The fourth-order valence-electron chi connectivity index (χ4n) is 6.24. The van der Waals surface area contributed by atoms with Gasteiger partial charge in [0, 0.05) is 6.04 Å². The zero-order chi connectivity index (χ0) is 16.5. The summed E-state index contributed by atoms with van der Waals surface area (Å²) in [5.41, 5.74) is 2.50. The van der Waals surface area contributed by atoms with Gasteiger partial charge < -0.3 is 10.4 Å². The molecule has 4 saturated carbocycles. The topological polar surface area (TPSA) is 75.3 Å². The Kier molecular flexibility index (Phi) is 2.86. The van der Waals surface area contributed by atoms with Crippen LogP contribution in [0, 0.1) is 24.2 Å². The first kappa shape index (κ1) is 14.6. The van der Waals surface area contributed by atoms with Crippen LogP contribution in [-0.4, -0.2) is 36.6 Å². The molecule has 4 aliphatic carbocycles. The van der Waals surface area contributed by atoms with E-state index in [1.54, 1.807) is 10.8 Å². The van der Waals surface area contributed by atoms with Crippen LogP contribution in [0.1, 0.15) is 51.1 Å². The standard InChI is InChI=1S/C18H25N5O/c1-11-3-15(16-21-19-10-23(16)22-11)20-12(2)17-5-13-4-14(6-17)8-18(24,7-13)9-17/h3,10,12-14,20,24H,4-9H2,1-2H3. The minimum Gasteiger partial charge on any atom is -0.390 e. The van der Waals surface area contributed by atoms with Crippen molar-refractivity contribution in [2.24, 2.45) is 17.3 Å². The number of aliphatic hydroxyl groups is 1. The molecular formula is C18H25N5O. The molecule has 3 unspecified atom stereocenters. The minimum atomic E-state index is -0.418. The Hall–Kier alpha value is -1.69. The number of aryl methyl sites for hydroxylation is 1. The van der Waals surface area contributed by atoms with Gasteiger partial charge in [-0.05, 0) is 75.7 Å². The molecular weight excluding hydrogens is 302 g/mol. The highest BCUT2D eigenvalue weighted by Crippen LogP contribution is 2.63. The van der Waals surface area contributed by atoms with E-state index in [2.05, 4.69) is 33.6 Å². The van der Waals surface area contributed by atoms with Crippen LogP contribution >= 0.6 is 0 Å². The summed E-state index contributed by atoms with van der Waals surface area (Å²) in [4.78, 5) is 0. The van der Waals surface area contributed by atoms with E-state index in [0.717, 1.165) is 36.3 Å². The van der Waals surface area contributed by atoms with Crippen molar-refractivity contribution >= 4 is 11.3 Å². The van der Waals surface area contributed by atoms with Crippen LogP contribution in [0.3, 0.4) is 0 Å². The zero-order valence-electron chi connectivity index (χ0n) is 14.4. The second-order valence-electron chi connectivity index (χ2n) is 8.71. The fraction of sp³-hybridized carbons (Fsp3) is 0.722. The van der Waals surface area contributed by atoms with E-state index in [4.69, 9.17) is 0 Å². The summed E-state index contributed by atoms with van der Waals surface area (Å²) >= 11 is 0. The molecule has 6 nitrogen and oxygen atoms in total. The number of nitrogens with one attached hydrogen (secondary N) is 1. The molecule has 128 valence electrons. The number of hydrogen-bond donors (Lipinski definition) is 2. The van der Waals surface area contributed by atoms with Gasteiger partial charge in [-0.3, -0.25) is 0 Å². The van der Waals surface area contributed by atoms with Crippen molar-refractivity contribution < 1.29 is 5.11 Å². The van der Waals surface area contributed by atoms with Gasteiger partial charge in [-0.25, -0.2) is 0 Å². The summed E-state index contributed by atoms with van der Waals surface area (Å²) in [6, 6.07) is 2.35. The van der Waals surface area contributed by atoms with Gasteiger partial charge in [-0.2, -0.15) is 9.61 Å². The molecule has 0 spiro atoms. The molecule has 2 N–H and O–H groups in total. The van der Waals surface area contributed by atoms with Gasteiger partial charge in [0.05, 0.1) is 17.0 Å². The highest BCUT2D eigenvalue weighted by atomic mass is 16.3. The first-order valence-corrected chi connectivity index (χ1v) is 9.11. The van der Waals surface area contributed by atoms with E-state index in [1.165, 1.54) is 19.3 Å². The lowest BCUT2D eigenvalue weighted by molar-refractivity contribution is -0.167. The largest absolute Gasteiger partial charge is 0.390 e. The van der Waals surface area contributed by atoms with Crippen molar-refractivity contribution in [3.63, 3.8) is 0 Å². The van der Waals surface area contributed by atoms with Crippen LogP contribution in [-0.2, 0) is 0 Å². The predicted octanol–water partition coefficient (Wildman–Crippen LogP) is 2.56. The van der Waals surface area contributed by atoms with Crippen LogP contribution in [0.2, 0.25) is 0 Å². The molecule has 24 heavy (non-hydrogen) atoms. The molecule has 4 aliphatic rings. The summed E-state index contributed by atoms with van der Waals surface area (Å²) in [5.74, 6) is 1.40. The Labute approximate surface area is 141 Å². The maximum absolute atomic E-state index is 11.0. The first-order valence-electron chi connectivity index (χ1n) is 9.11. The molecule has 2 heterocycles. The van der Waals surface area contributed by atoms with E-state index in [9.17, 15) is 5.11 Å². The summed E-state index contributed by atoms with van der Waals surface area (Å²) in [7, 11) is 0. The second-order valence-corrected chi connectivity index (χ2v) is 8.71. The van der Waals surface area contributed by atoms with Crippen molar-refractivity contribution in [1.29, 1.82) is 0 Å². The molecule has 0 amide bonds. The molecule has 4 bridgehead atoms. The van der Waals surface area contributed by atoms with Gasteiger partial charge in [-0.1, -0.05) is 0 Å². The van der Waals surface area contributed by atoms with Gasteiger partial charge in [0.15, 0.2) is 0 Å². The van der Waals surface area contributed by atoms with Crippen molar-refractivity contribution in [1.82, 2.24) is 19.8 Å². The summed E-state index contributed by atoms with van der Waals surface area (Å²) in [6.45, 7) is 4.27. The van der Waals surface area contributed by atoms with E-state index in [1.807, 2.05) is 6.92 Å². The van der Waals surface area contributed by atoms with E-state index < -0.39 is 5.60 Å². The number of anilines is 1. The maximum atomic E-state index is 11.0. The van der Waals surface area contributed by atoms with Crippen molar-refractivity contribution in [2.75, 3.05) is 5.32 Å².